The summed E-state index contributed by atoms with van der Waals surface area (Å²) in [6.07, 6.45) is 3.46. The number of aromatic nitrogens is 4. The fourth-order valence-electron chi connectivity index (χ4n) is 1.75. The lowest BCUT2D eigenvalue weighted by atomic mass is 10.3. The molecule has 2 heterocycles. The van der Waals surface area contributed by atoms with Gasteiger partial charge < -0.3 is 5.32 Å². The second-order valence-corrected chi connectivity index (χ2v) is 6.23. The first-order valence-electron chi connectivity index (χ1n) is 6.04. The van der Waals surface area contributed by atoms with Crippen LogP contribution in [0.5, 0.6) is 0 Å². The molecule has 0 amide bonds. The largest absolute Gasteiger partial charge is 0.307 e. The van der Waals surface area contributed by atoms with Crippen molar-refractivity contribution in [2.45, 2.75) is 38.4 Å². The lowest BCUT2D eigenvalue weighted by Gasteiger charge is -2.04. The third-order valence-corrected chi connectivity index (χ3v) is 4.22. The zero-order valence-corrected chi connectivity index (χ0v) is 11.4. The van der Waals surface area contributed by atoms with E-state index in [0.717, 1.165) is 29.7 Å². The van der Waals surface area contributed by atoms with Crippen LogP contribution in [0, 0.1) is 0 Å². The van der Waals surface area contributed by atoms with Gasteiger partial charge in [0.25, 0.3) is 0 Å². The van der Waals surface area contributed by atoms with Gasteiger partial charge >= 0.3 is 0 Å². The van der Waals surface area contributed by atoms with E-state index in [1.54, 1.807) is 11.3 Å². The van der Waals surface area contributed by atoms with E-state index >= 15 is 0 Å². The van der Waals surface area contributed by atoms with Crippen LogP contribution in [0.4, 0.5) is 0 Å². The fourth-order valence-corrected chi connectivity index (χ4v) is 2.83. The van der Waals surface area contributed by atoms with Crippen molar-refractivity contribution in [1.29, 1.82) is 0 Å². The molecule has 2 aromatic rings. The van der Waals surface area contributed by atoms with Gasteiger partial charge in [-0.05, 0) is 35.4 Å². The number of aryl methyl sites for hydroxylation is 2. The Morgan fingerprint density at radius 1 is 1.44 bits per heavy atom. The van der Waals surface area contributed by atoms with E-state index in [4.69, 9.17) is 11.6 Å². The van der Waals surface area contributed by atoms with Crippen LogP contribution in [0.25, 0.3) is 0 Å². The first-order valence-corrected chi connectivity index (χ1v) is 7.23. The molecule has 0 aromatic carbocycles. The number of hydrogen-bond acceptors (Lipinski definition) is 5. The summed E-state index contributed by atoms with van der Waals surface area (Å²) in [6, 6.07) is 4.65. The Bertz CT molecular complexity index is 519. The van der Waals surface area contributed by atoms with Crippen LogP contribution in [0.2, 0.25) is 4.34 Å². The van der Waals surface area contributed by atoms with Crippen LogP contribution >= 0.6 is 22.9 Å². The number of tetrazole rings is 1. The van der Waals surface area contributed by atoms with E-state index in [-0.39, 0.29) is 0 Å². The average Bonchev–Trinajstić information content (AvgIpc) is 2.93. The molecule has 1 fully saturated rings. The molecule has 0 spiro atoms. The Morgan fingerprint density at radius 3 is 3.06 bits per heavy atom. The minimum atomic E-state index is 0.672. The molecule has 96 valence electrons. The van der Waals surface area contributed by atoms with E-state index in [9.17, 15) is 0 Å². The van der Waals surface area contributed by atoms with Gasteiger partial charge in [-0.25, -0.2) is 4.68 Å². The lowest BCUT2D eigenvalue weighted by molar-refractivity contribution is 0.542. The Labute approximate surface area is 114 Å². The van der Waals surface area contributed by atoms with E-state index < -0.39 is 0 Å². The highest BCUT2D eigenvalue weighted by molar-refractivity contribution is 7.16. The summed E-state index contributed by atoms with van der Waals surface area (Å²) >= 11 is 7.52. The highest BCUT2D eigenvalue weighted by Gasteiger charge is 2.21. The van der Waals surface area contributed by atoms with Crippen LogP contribution in [-0.2, 0) is 19.5 Å². The van der Waals surface area contributed by atoms with Gasteiger partial charge in [-0.1, -0.05) is 11.6 Å². The SMILES string of the molecule is Clc1ccc(CCn2nnnc2CNC2CC2)s1. The second-order valence-electron chi connectivity index (χ2n) is 4.43. The van der Waals surface area contributed by atoms with Crippen LogP contribution in [0.3, 0.4) is 0 Å². The van der Waals surface area contributed by atoms with Gasteiger partial charge in [0.1, 0.15) is 0 Å². The minimum Gasteiger partial charge on any atom is -0.307 e. The Hall–Kier alpha value is -0.980. The molecular weight excluding hydrogens is 270 g/mol. The van der Waals surface area contributed by atoms with Crippen molar-refractivity contribution in [2.75, 3.05) is 0 Å². The molecule has 1 N–H and O–H groups in total. The first-order chi connectivity index (χ1) is 8.81. The van der Waals surface area contributed by atoms with E-state index in [1.165, 1.54) is 17.7 Å². The van der Waals surface area contributed by atoms with Gasteiger partial charge in [-0.15, -0.1) is 16.4 Å². The molecular formula is C11H14ClN5S. The van der Waals surface area contributed by atoms with Gasteiger partial charge in [0.2, 0.25) is 0 Å². The summed E-state index contributed by atoms with van der Waals surface area (Å²) in [5, 5.41) is 15.2. The predicted molar refractivity (Wildman–Crippen MR) is 70.7 cm³/mol. The molecule has 1 saturated carbocycles. The summed E-state index contributed by atoms with van der Waals surface area (Å²) in [4.78, 5) is 1.26. The number of nitrogens with zero attached hydrogens (tertiary/aromatic N) is 4. The lowest BCUT2D eigenvalue weighted by Crippen LogP contribution is -2.19. The zero-order valence-electron chi connectivity index (χ0n) is 9.84. The topological polar surface area (TPSA) is 55.6 Å². The van der Waals surface area contributed by atoms with Crippen molar-refractivity contribution < 1.29 is 0 Å². The monoisotopic (exact) mass is 283 g/mol. The van der Waals surface area contributed by atoms with Crippen molar-refractivity contribution in [2.24, 2.45) is 0 Å². The molecule has 0 atom stereocenters. The number of rotatable bonds is 6. The van der Waals surface area contributed by atoms with Crippen molar-refractivity contribution in [3.63, 3.8) is 0 Å². The summed E-state index contributed by atoms with van der Waals surface area (Å²) in [6.45, 7) is 1.55. The average molecular weight is 284 g/mol. The van der Waals surface area contributed by atoms with Crippen molar-refractivity contribution in [1.82, 2.24) is 25.5 Å². The van der Waals surface area contributed by atoms with Gasteiger partial charge in [0.05, 0.1) is 10.9 Å². The van der Waals surface area contributed by atoms with Crippen LogP contribution in [-0.4, -0.2) is 26.2 Å². The molecule has 7 heteroatoms. The van der Waals surface area contributed by atoms with Gasteiger partial charge in [0, 0.05) is 23.9 Å². The maximum Gasteiger partial charge on any atom is 0.165 e. The summed E-state index contributed by atoms with van der Waals surface area (Å²) in [5.74, 6) is 0.907. The molecule has 3 rings (SSSR count). The Kier molecular flexibility index (Phi) is 3.58. The van der Waals surface area contributed by atoms with Crippen molar-refractivity contribution in [3.05, 3.63) is 27.2 Å². The summed E-state index contributed by atoms with van der Waals surface area (Å²) in [7, 11) is 0. The summed E-state index contributed by atoms with van der Waals surface area (Å²) in [5.41, 5.74) is 0. The fraction of sp³-hybridized carbons (Fsp3) is 0.545. The number of halogens is 1. The molecule has 0 aliphatic heterocycles. The summed E-state index contributed by atoms with van der Waals surface area (Å²) < 4.78 is 2.69. The molecule has 0 unspecified atom stereocenters. The quantitative estimate of drug-likeness (QED) is 0.879. The molecule has 18 heavy (non-hydrogen) atoms. The van der Waals surface area contributed by atoms with E-state index in [2.05, 4.69) is 26.9 Å². The zero-order chi connectivity index (χ0) is 12.4. The molecule has 0 radical (unpaired) electrons. The predicted octanol–water partition coefficient (Wildman–Crippen LogP) is 1.88. The molecule has 0 bridgehead atoms. The number of hydrogen-bond donors (Lipinski definition) is 1. The van der Waals surface area contributed by atoms with Crippen LogP contribution in [0.1, 0.15) is 23.5 Å². The van der Waals surface area contributed by atoms with Gasteiger partial charge in [0.15, 0.2) is 5.82 Å². The van der Waals surface area contributed by atoms with Gasteiger partial charge in [-0.3, -0.25) is 0 Å². The Balaban J connectivity index is 1.56. The molecule has 1 aliphatic rings. The smallest absolute Gasteiger partial charge is 0.165 e. The minimum absolute atomic E-state index is 0.672. The number of nitrogens with one attached hydrogen (secondary N) is 1. The first kappa shape index (κ1) is 12.1. The van der Waals surface area contributed by atoms with Crippen LogP contribution in [0.15, 0.2) is 12.1 Å². The van der Waals surface area contributed by atoms with Crippen molar-refractivity contribution >= 4 is 22.9 Å². The molecule has 5 nitrogen and oxygen atoms in total. The standard InChI is InChI=1S/C11H14ClN5S/c12-10-4-3-9(18-10)5-6-17-11(14-15-16-17)7-13-8-1-2-8/h3-4,8,13H,1-2,5-7H2. The van der Waals surface area contributed by atoms with Gasteiger partial charge in [-0.2, -0.15) is 0 Å². The third kappa shape index (κ3) is 3.07. The molecule has 1 aliphatic carbocycles. The normalized spacial score (nSPS) is 15.2. The highest BCUT2D eigenvalue weighted by Crippen LogP contribution is 2.22. The molecule has 0 saturated heterocycles. The Morgan fingerprint density at radius 2 is 2.33 bits per heavy atom. The number of thiophene rings is 1. The second kappa shape index (κ2) is 5.34. The van der Waals surface area contributed by atoms with Crippen LogP contribution < -0.4 is 5.32 Å². The highest BCUT2D eigenvalue weighted by atomic mass is 35.5. The molecule has 2 aromatic heterocycles. The van der Waals surface area contributed by atoms with E-state index in [1.807, 2.05) is 10.7 Å². The third-order valence-electron chi connectivity index (χ3n) is 2.93. The maximum atomic E-state index is 5.91. The van der Waals surface area contributed by atoms with Crippen molar-refractivity contribution in [3.8, 4) is 0 Å². The maximum absolute atomic E-state index is 5.91. The van der Waals surface area contributed by atoms with E-state index in [0.29, 0.717) is 6.04 Å².